The van der Waals surface area contributed by atoms with Gasteiger partial charge >= 0.3 is 17.9 Å². The molecule has 0 N–H and O–H groups in total. The van der Waals surface area contributed by atoms with Crippen LogP contribution in [0.2, 0.25) is 0 Å². The first-order chi connectivity index (χ1) is 29.9. The molecule has 0 aliphatic heterocycles. The van der Waals surface area contributed by atoms with Gasteiger partial charge in [-0.25, -0.2) is 0 Å². The Balaban J connectivity index is 4.26. The van der Waals surface area contributed by atoms with Crippen LogP contribution in [0, 0.1) is 5.92 Å². The lowest BCUT2D eigenvalue weighted by Crippen LogP contribution is -2.30. The van der Waals surface area contributed by atoms with Gasteiger partial charge in [0.15, 0.2) is 6.10 Å². The summed E-state index contributed by atoms with van der Waals surface area (Å²) in [5.74, 6) is -0.0337. The van der Waals surface area contributed by atoms with Crippen molar-refractivity contribution in [3.05, 3.63) is 0 Å². The van der Waals surface area contributed by atoms with Crippen LogP contribution >= 0.6 is 0 Å². The normalized spacial score (nSPS) is 12.0. The average molecular weight is 863 g/mol. The molecule has 0 unspecified atom stereocenters. The van der Waals surface area contributed by atoms with Crippen LogP contribution in [-0.4, -0.2) is 37.2 Å². The smallest absolute Gasteiger partial charge is 0.306 e. The van der Waals surface area contributed by atoms with Crippen LogP contribution in [0.15, 0.2) is 0 Å². The average Bonchev–Trinajstić information content (AvgIpc) is 3.24. The third-order valence-corrected chi connectivity index (χ3v) is 12.5. The maximum Gasteiger partial charge on any atom is 0.306 e. The lowest BCUT2D eigenvalue weighted by Gasteiger charge is -2.18. The topological polar surface area (TPSA) is 78.9 Å². The first-order valence-electron chi connectivity index (χ1n) is 27.4. The molecule has 0 bridgehead atoms. The number of rotatable bonds is 50. The van der Waals surface area contributed by atoms with Gasteiger partial charge in [-0.3, -0.25) is 14.4 Å². The van der Waals surface area contributed by atoms with Gasteiger partial charge in [-0.2, -0.15) is 0 Å². The quantitative estimate of drug-likeness (QED) is 0.0344. The SMILES string of the molecule is CCCCCCCCCCCCCCCCCCCCCC(=O)O[C@H](COC(=O)CCCCCCCCCCCCCC)COC(=O)CCCCCCCCCCCC(C)C. The second kappa shape index (κ2) is 49.4. The maximum atomic E-state index is 12.8. The van der Waals surface area contributed by atoms with Crippen LogP contribution in [0.1, 0.15) is 310 Å². The number of hydrogen-bond donors (Lipinski definition) is 0. The predicted octanol–water partition coefficient (Wildman–Crippen LogP) is 17.8. The molecule has 0 saturated carbocycles. The molecule has 362 valence electrons. The Morgan fingerprint density at radius 1 is 0.311 bits per heavy atom. The van der Waals surface area contributed by atoms with E-state index in [0.717, 1.165) is 63.7 Å². The van der Waals surface area contributed by atoms with Gasteiger partial charge in [0.1, 0.15) is 13.2 Å². The molecule has 0 aromatic heterocycles. The summed E-state index contributed by atoms with van der Waals surface area (Å²) < 4.78 is 16.8. The summed E-state index contributed by atoms with van der Waals surface area (Å²) in [6.07, 6.45) is 52.4. The van der Waals surface area contributed by atoms with E-state index in [1.807, 2.05) is 0 Å². The van der Waals surface area contributed by atoms with Crippen LogP contribution in [-0.2, 0) is 28.6 Å². The van der Waals surface area contributed by atoms with Gasteiger partial charge < -0.3 is 14.2 Å². The summed E-state index contributed by atoms with van der Waals surface area (Å²) >= 11 is 0. The van der Waals surface area contributed by atoms with Crippen molar-refractivity contribution in [2.45, 2.75) is 316 Å². The standard InChI is InChI=1S/C55H106O6/c1-5-7-9-11-13-15-17-19-20-21-22-23-24-25-27-31-36-40-44-48-55(58)61-52(49-59-53(56)46-42-38-34-30-26-18-16-14-12-10-8-6-2)50-60-54(57)47-43-39-35-32-28-29-33-37-41-45-51(3)4/h51-52H,5-50H2,1-4H3/t52-/m1/s1. The van der Waals surface area contributed by atoms with Crippen LogP contribution in [0.25, 0.3) is 0 Å². The van der Waals surface area contributed by atoms with Crippen molar-refractivity contribution in [3.8, 4) is 0 Å². The summed E-state index contributed by atoms with van der Waals surface area (Å²) in [6, 6.07) is 0. The molecule has 0 amide bonds. The Morgan fingerprint density at radius 3 is 0.803 bits per heavy atom. The van der Waals surface area contributed by atoms with E-state index in [4.69, 9.17) is 14.2 Å². The third kappa shape index (κ3) is 49.3. The Bertz CT molecular complexity index is 918. The summed E-state index contributed by atoms with van der Waals surface area (Å²) in [7, 11) is 0. The van der Waals surface area contributed by atoms with Crippen LogP contribution in [0.3, 0.4) is 0 Å². The number of esters is 3. The van der Waals surface area contributed by atoms with E-state index in [0.29, 0.717) is 19.3 Å². The molecule has 0 aliphatic carbocycles. The molecule has 1 atom stereocenters. The number of carbonyl (C=O) groups is 3. The van der Waals surface area contributed by atoms with Crippen molar-refractivity contribution in [1.82, 2.24) is 0 Å². The van der Waals surface area contributed by atoms with E-state index in [1.54, 1.807) is 0 Å². The van der Waals surface area contributed by atoms with Crippen molar-refractivity contribution in [2.24, 2.45) is 5.92 Å². The van der Waals surface area contributed by atoms with Crippen molar-refractivity contribution in [2.75, 3.05) is 13.2 Å². The number of hydrogen-bond acceptors (Lipinski definition) is 6. The van der Waals surface area contributed by atoms with Gasteiger partial charge in [-0.05, 0) is 25.2 Å². The number of carbonyl (C=O) groups excluding carboxylic acids is 3. The van der Waals surface area contributed by atoms with E-state index in [1.165, 1.54) is 205 Å². The fraction of sp³-hybridized carbons (Fsp3) is 0.945. The van der Waals surface area contributed by atoms with Gasteiger partial charge in [-0.1, -0.05) is 272 Å². The highest BCUT2D eigenvalue weighted by Crippen LogP contribution is 2.17. The van der Waals surface area contributed by atoms with Gasteiger partial charge in [-0.15, -0.1) is 0 Å². The summed E-state index contributed by atoms with van der Waals surface area (Å²) in [5.41, 5.74) is 0. The minimum absolute atomic E-state index is 0.0627. The van der Waals surface area contributed by atoms with Crippen molar-refractivity contribution >= 4 is 17.9 Å². The Labute approximate surface area is 380 Å². The Morgan fingerprint density at radius 2 is 0.541 bits per heavy atom. The van der Waals surface area contributed by atoms with Crippen molar-refractivity contribution in [3.63, 3.8) is 0 Å². The van der Waals surface area contributed by atoms with E-state index >= 15 is 0 Å². The lowest BCUT2D eigenvalue weighted by atomic mass is 10.0. The monoisotopic (exact) mass is 863 g/mol. The van der Waals surface area contributed by atoms with E-state index < -0.39 is 6.10 Å². The molecule has 0 radical (unpaired) electrons. The minimum Gasteiger partial charge on any atom is -0.462 e. The fourth-order valence-electron chi connectivity index (χ4n) is 8.39. The van der Waals surface area contributed by atoms with Crippen molar-refractivity contribution in [1.29, 1.82) is 0 Å². The molecule has 61 heavy (non-hydrogen) atoms. The zero-order chi connectivity index (χ0) is 44.5. The highest BCUT2D eigenvalue weighted by Gasteiger charge is 2.19. The molecule has 0 aromatic rings. The zero-order valence-corrected chi connectivity index (χ0v) is 41.6. The van der Waals surface area contributed by atoms with Gasteiger partial charge in [0.25, 0.3) is 0 Å². The van der Waals surface area contributed by atoms with E-state index in [2.05, 4.69) is 27.7 Å². The highest BCUT2D eigenvalue weighted by atomic mass is 16.6. The number of unbranched alkanes of at least 4 members (excludes halogenated alkanes) is 37. The minimum atomic E-state index is -0.761. The molecule has 6 nitrogen and oxygen atoms in total. The first kappa shape index (κ1) is 59.4. The summed E-state index contributed by atoms with van der Waals surface area (Å²) in [6.45, 7) is 9.02. The van der Waals surface area contributed by atoms with Gasteiger partial charge in [0.05, 0.1) is 0 Å². The van der Waals surface area contributed by atoms with Gasteiger partial charge in [0, 0.05) is 19.3 Å². The Kier molecular flexibility index (Phi) is 48.1. The predicted molar refractivity (Wildman–Crippen MR) is 261 cm³/mol. The molecular formula is C55H106O6. The zero-order valence-electron chi connectivity index (χ0n) is 41.6. The lowest BCUT2D eigenvalue weighted by molar-refractivity contribution is -0.167. The molecule has 6 heteroatoms. The Hall–Kier alpha value is -1.59. The highest BCUT2D eigenvalue weighted by molar-refractivity contribution is 5.71. The third-order valence-electron chi connectivity index (χ3n) is 12.5. The molecule has 0 heterocycles. The van der Waals surface area contributed by atoms with Crippen LogP contribution in [0.4, 0.5) is 0 Å². The molecular weight excluding hydrogens is 757 g/mol. The second-order valence-corrected chi connectivity index (χ2v) is 19.3. The fourth-order valence-corrected chi connectivity index (χ4v) is 8.39. The molecule has 0 aliphatic rings. The molecule has 0 fully saturated rings. The van der Waals surface area contributed by atoms with E-state index in [-0.39, 0.29) is 31.1 Å². The van der Waals surface area contributed by atoms with Gasteiger partial charge in [0.2, 0.25) is 0 Å². The molecule has 0 saturated heterocycles. The largest absolute Gasteiger partial charge is 0.462 e. The summed E-state index contributed by atoms with van der Waals surface area (Å²) in [4.78, 5) is 38.0. The molecule has 0 rings (SSSR count). The maximum absolute atomic E-state index is 12.8. The van der Waals surface area contributed by atoms with Crippen molar-refractivity contribution < 1.29 is 28.6 Å². The molecule has 0 spiro atoms. The van der Waals surface area contributed by atoms with E-state index in [9.17, 15) is 14.4 Å². The summed E-state index contributed by atoms with van der Waals surface area (Å²) in [5, 5.41) is 0. The number of ether oxygens (including phenoxy) is 3. The second-order valence-electron chi connectivity index (χ2n) is 19.3. The molecule has 0 aromatic carbocycles. The van der Waals surface area contributed by atoms with Crippen LogP contribution < -0.4 is 0 Å². The van der Waals surface area contributed by atoms with Crippen LogP contribution in [0.5, 0.6) is 0 Å². The first-order valence-corrected chi connectivity index (χ1v) is 27.4.